The summed E-state index contributed by atoms with van der Waals surface area (Å²) in [5, 5.41) is 12.2. The van der Waals surface area contributed by atoms with Gasteiger partial charge in [0.1, 0.15) is 12.7 Å². The highest BCUT2D eigenvalue weighted by molar-refractivity contribution is 4.66. The zero-order chi connectivity index (χ0) is 9.90. The van der Waals surface area contributed by atoms with Gasteiger partial charge >= 0.3 is 6.18 Å². The Labute approximate surface area is 72.0 Å². The number of halogens is 3. The lowest BCUT2D eigenvalue weighted by Gasteiger charge is -2.13. The Balaban J connectivity index is 2.35. The number of aliphatic hydroxyl groups excluding tert-OH is 1. The Morgan fingerprint density at radius 1 is 1.46 bits per heavy atom. The summed E-state index contributed by atoms with van der Waals surface area (Å²) < 4.78 is 36.6. The molecule has 0 unspecified atom stereocenters. The van der Waals surface area contributed by atoms with Gasteiger partial charge in [-0.1, -0.05) is 0 Å². The van der Waals surface area contributed by atoms with Gasteiger partial charge in [0, 0.05) is 13.0 Å². The summed E-state index contributed by atoms with van der Waals surface area (Å²) in [6.07, 6.45) is -4.74. The molecular weight excluding hydrogens is 187 g/mol. The number of aryl methyl sites for hydroxylation is 1. The van der Waals surface area contributed by atoms with Crippen LogP contribution in [0.3, 0.4) is 0 Å². The summed E-state index contributed by atoms with van der Waals surface area (Å²) in [4.78, 5) is 3.55. The molecule has 0 spiro atoms. The van der Waals surface area contributed by atoms with Gasteiger partial charge in [0.05, 0.1) is 0 Å². The van der Waals surface area contributed by atoms with Crippen LogP contribution in [0.25, 0.3) is 0 Å². The van der Waals surface area contributed by atoms with Crippen molar-refractivity contribution in [1.82, 2.24) is 14.8 Å². The average molecular weight is 195 g/mol. The molecule has 0 aliphatic rings. The van der Waals surface area contributed by atoms with Crippen LogP contribution in [0.15, 0.2) is 12.7 Å². The molecule has 4 nitrogen and oxygen atoms in total. The average Bonchev–Trinajstić information content (AvgIpc) is 2.50. The second-order valence-electron chi connectivity index (χ2n) is 2.50. The SMILES string of the molecule is O[C@@H](CCn1cncn1)C(F)(F)F. The van der Waals surface area contributed by atoms with Crippen LogP contribution in [-0.2, 0) is 6.54 Å². The molecule has 0 bridgehead atoms. The van der Waals surface area contributed by atoms with Crippen molar-refractivity contribution in [2.45, 2.75) is 25.2 Å². The van der Waals surface area contributed by atoms with Crippen LogP contribution in [0.4, 0.5) is 13.2 Å². The van der Waals surface area contributed by atoms with Gasteiger partial charge in [0.15, 0.2) is 6.10 Å². The standard InChI is InChI=1S/C6H8F3N3O/c7-6(8,9)5(13)1-2-12-4-10-3-11-12/h3-5,13H,1-2H2/t5-/m0/s1. The summed E-state index contributed by atoms with van der Waals surface area (Å²) in [5.74, 6) is 0. The molecule has 0 amide bonds. The molecule has 0 aliphatic carbocycles. The molecule has 1 atom stereocenters. The Bertz CT molecular complexity index is 246. The van der Waals surface area contributed by atoms with E-state index in [4.69, 9.17) is 5.11 Å². The van der Waals surface area contributed by atoms with Crippen LogP contribution in [0.5, 0.6) is 0 Å². The van der Waals surface area contributed by atoms with Crippen molar-refractivity contribution in [2.24, 2.45) is 0 Å². The Morgan fingerprint density at radius 2 is 2.15 bits per heavy atom. The van der Waals surface area contributed by atoms with Crippen LogP contribution in [0.1, 0.15) is 6.42 Å². The molecule has 13 heavy (non-hydrogen) atoms. The topological polar surface area (TPSA) is 50.9 Å². The minimum atomic E-state index is -4.55. The fourth-order valence-corrected chi connectivity index (χ4v) is 0.766. The monoisotopic (exact) mass is 195 g/mol. The molecule has 0 fully saturated rings. The van der Waals surface area contributed by atoms with Crippen LogP contribution >= 0.6 is 0 Å². The Kier molecular flexibility index (Phi) is 2.86. The fraction of sp³-hybridized carbons (Fsp3) is 0.667. The first-order chi connectivity index (χ1) is 6.00. The normalized spacial score (nSPS) is 14.5. The van der Waals surface area contributed by atoms with Gasteiger partial charge in [-0.2, -0.15) is 18.3 Å². The summed E-state index contributed by atoms with van der Waals surface area (Å²) in [5.41, 5.74) is 0. The predicted octanol–water partition coefficient (Wildman–Crippen LogP) is 0.591. The maximum Gasteiger partial charge on any atom is 0.414 e. The van der Waals surface area contributed by atoms with Gasteiger partial charge in [-0.3, -0.25) is 4.68 Å². The number of aromatic nitrogens is 3. The van der Waals surface area contributed by atoms with E-state index in [1.165, 1.54) is 17.3 Å². The first-order valence-corrected chi connectivity index (χ1v) is 3.57. The van der Waals surface area contributed by atoms with E-state index in [1.54, 1.807) is 0 Å². The number of alkyl halides is 3. The van der Waals surface area contributed by atoms with Gasteiger partial charge in [0.2, 0.25) is 0 Å². The molecular formula is C6H8F3N3O. The number of aliphatic hydroxyl groups is 1. The summed E-state index contributed by atoms with van der Waals surface area (Å²) in [7, 11) is 0. The van der Waals surface area contributed by atoms with E-state index >= 15 is 0 Å². The molecule has 74 valence electrons. The third-order valence-electron chi connectivity index (χ3n) is 1.48. The van der Waals surface area contributed by atoms with Gasteiger partial charge < -0.3 is 5.11 Å². The molecule has 1 N–H and O–H groups in total. The van der Waals surface area contributed by atoms with E-state index in [2.05, 4.69) is 10.1 Å². The second kappa shape index (κ2) is 3.73. The van der Waals surface area contributed by atoms with E-state index in [9.17, 15) is 13.2 Å². The summed E-state index contributed by atoms with van der Waals surface area (Å²) >= 11 is 0. The molecule has 0 saturated heterocycles. The molecule has 7 heteroatoms. The van der Waals surface area contributed by atoms with E-state index in [0.29, 0.717) is 0 Å². The first-order valence-electron chi connectivity index (χ1n) is 3.57. The third kappa shape index (κ3) is 3.02. The van der Waals surface area contributed by atoms with Gasteiger partial charge in [-0.15, -0.1) is 0 Å². The third-order valence-corrected chi connectivity index (χ3v) is 1.48. The van der Waals surface area contributed by atoms with Gasteiger partial charge in [-0.25, -0.2) is 4.98 Å². The molecule has 1 heterocycles. The molecule has 0 saturated carbocycles. The van der Waals surface area contributed by atoms with Crippen molar-refractivity contribution in [3.8, 4) is 0 Å². The summed E-state index contributed by atoms with van der Waals surface area (Å²) in [6.45, 7) is 0.000671. The van der Waals surface area contributed by atoms with E-state index < -0.39 is 18.7 Å². The first kappa shape index (κ1) is 9.97. The van der Waals surface area contributed by atoms with Crippen molar-refractivity contribution in [3.63, 3.8) is 0 Å². The van der Waals surface area contributed by atoms with Crippen LogP contribution in [0, 0.1) is 0 Å². The van der Waals surface area contributed by atoms with E-state index in [-0.39, 0.29) is 6.54 Å². The lowest BCUT2D eigenvalue weighted by atomic mass is 10.2. The van der Waals surface area contributed by atoms with Crippen LogP contribution in [0.2, 0.25) is 0 Å². The Morgan fingerprint density at radius 3 is 2.62 bits per heavy atom. The highest BCUT2D eigenvalue weighted by Gasteiger charge is 2.37. The highest BCUT2D eigenvalue weighted by Crippen LogP contribution is 2.22. The van der Waals surface area contributed by atoms with E-state index in [0.717, 1.165) is 0 Å². The van der Waals surface area contributed by atoms with Crippen molar-refractivity contribution < 1.29 is 18.3 Å². The molecule has 0 aliphatic heterocycles. The van der Waals surface area contributed by atoms with Gasteiger partial charge in [-0.05, 0) is 0 Å². The smallest absolute Gasteiger partial charge is 0.384 e. The maximum absolute atomic E-state index is 11.8. The highest BCUT2D eigenvalue weighted by atomic mass is 19.4. The zero-order valence-electron chi connectivity index (χ0n) is 6.57. The van der Waals surface area contributed by atoms with Crippen LogP contribution < -0.4 is 0 Å². The molecule has 1 aromatic heterocycles. The lowest BCUT2D eigenvalue weighted by Crippen LogP contribution is -2.29. The minimum absolute atomic E-state index is 0.000671. The minimum Gasteiger partial charge on any atom is -0.384 e. The number of nitrogens with zero attached hydrogens (tertiary/aromatic N) is 3. The van der Waals surface area contributed by atoms with Crippen molar-refractivity contribution in [2.75, 3.05) is 0 Å². The molecule has 0 aromatic carbocycles. The van der Waals surface area contributed by atoms with Crippen molar-refractivity contribution in [1.29, 1.82) is 0 Å². The largest absolute Gasteiger partial charge is 0.414 e. The zero-order valence-corrected chi connectivity index (χ0v) is 6.57. The predicted molar refractivity (Wildman–Crippen MR) is 36.7 cm³/mol. The number of hydrogen-bond acceptors (Lipinski definition) is 3. The number of hydrogen-bond donors (Lipinski definition) is 1. The second-order valence-corrected chi connectivity index (χ2v) is 2.50. The number of rotatable bonds is 3. The molecule has 0 radical (unpaired) electrons. The Hall–Kier alpha value is -1.11. The van der Waals surface area contributed by atoms with Gasteiger partial charge in [0.25, 0.3) is 0 Å². The van der Waals surface area contributed by atoms with Crippen molar-refractivity contribution in [3.05, 3.63) is 12.7 Å². The molecule has 1 rings (SSSR count). The van der Waals surface area contributed by atoms with Crippen molar-refractivity contribution >= 4 is 0 Å². The summed E-state index contributed by atoms with van der Waals surface area (Å²) in [6, 6.07) is 0. The lowest BCUT2D eigenvalue weighted by molar-refractivity contribution is -0.206. The quantitative estimate of drug-likeness (QED) is 0.767. The van der Waals surface area contributed by atoms with Crippen LogP contribution in [-0.4, -0.2) is 32.2 Å². The van der Waals surface area contributed by atoms with E-state index in [1.807, 2.05) is 0 Å². The molecule has 1 aromatic rings. The fourth-order valence-electron chi connectivity index (χ4n) is 0.766. The maximum atomic E-state index is 11.8.